The van der Waals surface area contributed by atoms with Gasteiger partial charge in [-0.1, -0.05) is 47.2 Å². The second-order valence-corrected chi connectivity index (χ2v) is 8.17. The van der Waals surface area contributed by atoms with Crippen LogP contribution in [0.4, 0.5) is 5.69 Å². The van der Waals surface area contributed by atoms with E-state index < -0.39 is 0 Å². The van der Waals surface area contributed by atoms with E-state index in [1.54, 1.807) is 18.6 Å². The first-order valence-electron chi connectivity index (χ1n) is 9.80. The number of aromatic nitrogens is 5. The molecular weight excluding hydrogens is 408 g/mol. The molecule has 156 valence electrons. The van der Waals surface area contributed by atoms with Gasteiger partial charge in [-0.25, -0.2) is 4.98 Å². The van der Waals surface area contributed by atoms with E-state index in [1.807, 2.05) is 67.8 Å². The minimum absolute atomic E-state index is 0.100. The first kappa shape index (κ1) is 20.7. The Labute approximate surface area is 185 Å². The van der Waals surface area contributed by atoms with Gasteiger partial charge in [0.2, 0.25) is 5.91 Å². The van der Waals surface area contributed by atoms with Crippen molar-refractivity contribution in [3.8, 4) is 17.2 Å². The van der Waals surface area contributed by atoms with Crippen molar-refractivity contribution >= 4 is 23.4 Å². The minimum atomic E-state index is -0.100. The quantitative estimate of drug-likeness (QED) is 0.457. The van der Waals surface area contributed by atoms with Crippen LogP contribution < -0.4 is 5.32 Å². The molecule has 4 rings (SSSR count). The van der Waals surface area contributed by atoms with Crippen molar-refractivity contribution < 1.29 is 4.79 Å². The van der Waals surface area contributed by atoms with Crippen molar-refractivity contribution in [1.29, 1.82) is 0 Å². The van der Waals surface area contributed by atoms with Gasteiger partial charge in [0, 0.05) is 23.8 Å². The van der Waals surface area contributed by atoms with Gasteiger partial charge in [-0.3, -0.25) is 14.3 Å². The molecule has 0 unspecified atom stereocenters. The van der Waals surface area contributed by atoms with Gasteiger partial charge in [-0.05, 0) is 44.5 Å². The van der Waals surface area contributed by atoms with E-state index >= 15 is 0 Å². The maximum absolute atomic E-state index is 12.6. The molecule has 1 amide bonds. The van der Waals surface area contributed by atoms with Crippen molar-refractivity contribution in [2.75, 3.05) is 11.1 Å². The number of hydrogen-bond acceptors (Lipinski definition) is 6. The SMILES string of the molecule is Cc1ccc(-n2c(SCC(=O)Nc3ccc(C)cc3C)nnc2-c2cnccn2)cc1. The van der Waals surface area contributed by atoms with Crippen LogP contribution in [-0.2, 0) is 4.79 Å². The monoisotopic (exact) mass is 430 g/mol. The average Bonchev–Trinajstić information content (AvgIpc) is 3.19. The second kappa shape index (κ2) is 9.09. The molecule has 1 N–H and O–H groups in total. The van der Waals surface area contributed by atoms with E-state index in [1.165, 1.54) is 11.8 Å². The molecule has 8 heteroatoms. The number of nitrogens with one attached hydrogen (secondary N) is 1. The number of nitrogens with zero attached hydrogens (tertiary/aromatic N) is 5. The lowest BCUT2D eigenvalue weighted by Gasteiger charge is -2.11. The number of aryl methyl sites for hydroxylation is 3. The Morgan fingerprint density at radius 1 is 1.00 bits per heavy atom. The van der Waals surface area contributed by atoms with Crippen molar-refractivity contribution in [3.05, 3.63) is 77.7 Å². The summed E-state index contributed by atoms with van der Waals surface area (Å²) >= 11 is 1.33. The summed E-state index contributed by atoms with van der Waals surface area (Å²) in [5.74, 6) is 0.684. The third-order valence-electron chi connectivity index (χ3n) is 4.71. The third-order valence-corrected chi connectivity index (χ3v) is 5.64. The Kier molecular flexibility index (Phi) is 6.08. The number of carbonyl (C=O) groups is 1. The highest BCUT2D eigenvalue weighted by Gasteiger charge is 2.18. The van der Waals surface area contributed by atoms with Crippen LogP contribution in [-0.4, -0.2) is 36.4 Å². The summed E-state index contributed by atoms with van der Waals surface area (Å²) in [4.78, 5) is 21.1. The molecule has 0 aliphatic carbocycles. The maximum Gasteiger partial charge on any atom is 0.234 e. The molecule has 0 saturated carbocycles. The first-order chi connectivity index (χ1) is 15.0. The summed E-state index contributed by atoms with van der Waals surface area (Å²) < 4.78 is 1.90. The molecule has 0 atom stereocenters. The third kappa shape index (κ3) is 4.80. The van der Waals surface area contributed by atoms with Crippen LogP contribution >= 0.6 is 11.8 Å². The largest absolute Gasteiger partial charge is 0.325 e. The molecule has 0 saturated heterocycles. The van der Waals surface area contributed by atoms with E-state index in [-0.39, 0.29) is 11.7 Å². The summed E-state index contributed by atoms with van der Waals surface area (Å²) in [5, 5.41) is 12.2. The number of thioether (sulfide) groups is 1. The fraction of sp³-hybridized carbons (Fsp3) is 0.174. The number of anilines is 1. The van der Waals surface area contributed by atoms with E-state index in [0.717, 1.165) is 28.1 Å². The van der Waals surface area contributed by atoms with E-state index in [9.17, 15) is 4.79 Å². The van der Waals surface area contributed by atoms with Crippen molar-refractivity contribution in [2.45, 2.75) is 25.9 Å². The van der Waals surface area contributed by atoms with Crippen LogP contribution in [0.5, 0.6) is 0 Å². The van der Waals surface area contributed by atoms with E-state index in [4.69, 9.17) is 0 Å². The molecule has 2 aromatic carbocycles. The normalized spacial score (nSPS) is 10.8. The highest BCUT2D eigenvalue weighted by molar-refractivity contribution is 7.99. The van der Waals surface area contributed by atoms with Crippen LogP contribution in [0.15, 0.2) is 66.2 Å². The summed E-state index contributed by atoms with van der Waals surface area (Å²) in [6.45, 7) is 6.05. The molecule has 0 bridgehead atoms. The molecule has 7 nitrogen and oxygen atoms in total. The van der Waals surface area contributed by atoms with Crippen molar-refractivity contribution in [2.24, 2.45) is 0 Å². The molecular formula is C23H22N6OS. The van der Waals surface area contributed by atoms with Crippen LogP contribution in [0, 0.1) is 20.8 Å². The van der Waals surface area contributed by atoms with Gasteiger partial charge in [0.15, 0.2) is 11.0 Å². The Morgan fingerprint density at radius 3 is 2.48 bits per heavy atom. The summed E-state index contributed by atoms with van der Waals surface area (Å²) in [6.07, 6.45) is 4.88. The Hall–Kier alpha value is -3.52. The van der Waals surface area contributed by atoms with Gasteiger partial charge >= 0.3 is 0 Å². The van der Waals surface area contributed by atoms with E-state index in [0.29, 0.717) is 16.7 Å². The number of hydrogen-bond donors (Lipinski definition) is 1. The Morgan fingerprint density at radius 2 is 1.77 bits per heavy atom. The van der Waals surface area contributed by atoms with Gasteiger partial charge in [0.25, 0.3) is 0 Å². The van der Waals surface area contributed by atoms with Gasteiger partial charge in [-0.2, -0.15) is 0 Å². The van der Waals surface area contributed by atoms with Crippen LogP contribution in [0.2, 0.25) is 0 Å². The van der Waals surface area contributed by atoms with E-state index in [2.05, 4.69) is 25.5 Å². The molecule has 0 aliphatic rings. The fourth-order valence-corrected chi connectivity index (χ4v) is 3.89. The van der Waals surface area contributed by atoms with Gasteiger partial charge < -0.3 is 5.32 Å². The standard InChI is InChI=1S/C23H22N6OS/c1-15-4-7-18(8-5-15)29-22(20-13-24-10-11-25-20)27-28-23(29)31-14-21(30)26-19-9-6-16(2)12-17(19)3/h4-13H,14H2,1-3H3,(H,26,30). The Balaban J connectivity index is 1.58. The lowest BCUT2D eigenvalue weighted by molar-refractivity contribution is -0.113. The summed E-state index contributed by atoms with van der Waals surface area (Å²) in [5.41, 5.74) is 5.67. The van der Waals surface area contributed by atoms with Gasteiger partial charge in [0.05, 0.1) is 11.9 Å². The second-order valence-electron chi connectivity index (χ2n) is 7.22. The summed E-state index contributed by atoms with van der Waals surface area (Å²) in [6, 6.07) is 14.0. The van der Waals surface area contributed by atoms with Crippen LogP contribution in [0.3, 0.4) is 0 Å². The highest BCUT2D eigenvalue weighted by atomic mass is 32.2. The first-order valence-corrected chi connectivity index (χ1v) is 10.8. The van der Waals surface area contributed by atoms with Crippen LogP contribution in [0.25, 0.3) is 17.2 Å². The number of carbonyl (C=O) groups excluding carboxylic acids is 1. The maximum atomic E-state index is 12.6. The zero-order valence-corrected chi connectivity index (χ0v) is 18.3. The zero-order valence-electron chi connectivity index (χ0n) is 17.5. The molecule has 31 heavy (non-hydrogen) atoms. The topological polar surface area (TPSA) is 85.6 Å². The zero-order chi connectivity index (χ0) is 21.8. The number of benzene rings is 2. The highest BCUT2D eigenvalue weighted by Crippen LogP contribution is 2.27. The average molecular weight is 431 g/mol. The smallest absolute Gasteiger partial charge is 0.234 e. The minimum Gasteiger partial charge on any atom is -0.325 e. The van der Waals surface area contributed by atoms with Gasteiger partial charge in [-0.15, -0.1) is 10.2 Å². The Bertz CT molecular complexity index is 1200. The predicted octanol–water partition coefficient (Wildman–Crippen LogP) is 4.38. The summed E-state index contributed by atoms with van der Waals surface area (Å²) in [7, 11) is 0. The molecule has 0 spiro atoms. The van der Waals surface area contributed by atoms with Gasteiger partial charge in [0.1, 0.15) is 5.69 Å². The fourth-order valence-electron chi connectivity index (χ4n) is 3.14. The van der Waals surface area contributed by atoms with Crippen molar-refractivity contribution in [3.63, 3.8) is 0 Å². The lowest BCUT2D eigenvalue weighted by atomic mass is 10.1. The lowest BCUT2D eigenvalue weighted by Crippen LogP contribution is -2.15. The predicted molar refractivity (Wildman–Crippen MR) is 122 cm³/mol. The number of rotatable bonds is 6. The number of amides is 1. The molecule has 0 aliphatic heterocycles. The molecule has 4 aromatic rings. The molecule has 0 radical (unpaired) electrons. The van der Waals surface area contributed by atoms with Crippen LogP contribution in [0.1, 0.15) is 16.7 Å². The van der Waals surface area contributed by atoms with Crippen molar-refractivity contribution in [1.82, 2.24) is 24.7 Å². The molecule has 0 fully saturated rings. The molecule has 2 heterocycles. The molecule has 2 aromatic heterocycles.